The molecule has 0 saturated heterocycles. The first kappa shape index (κ1) is 11.9. The molecule has 0 saturated carbocycles. The van der Waals surface area contributed by atoms with Crippen LogP contribution in [-0.4, -0.2) is 23.1 Å². The van der Waals surface area contributed by atoms with E-state index in [1.165, 1.54) is 17.6 Å². The Morgan fingerprint density at radius 1 is 1.76 bits per heavy atom. The zero-order valence-electron chi connectivity index (χ0n) is 9.48. The lowest BCUT2D eigenvalue weighted by Gasteiger charge is -2.23. The monoisotopic (exact) mass is 255 g/mol. The number of nitrogens with one attached hydrogen (secondary N) is 2. The van der Waals surface area contributed by atoms with Gasteiger partial charge in [-0.05, 0) is 6.42 Å². The van der Waals surface area contributed by atoms with Gasteiger partial charge >= 0.3 is 5.97 Å². The highest BCUT2D eigenvalue weighted by atomic mass is 32.1. The molecule has 1 unspecified atom stereocenters. The van der Waals surface area contributed by atoms with Crippen molar-refractivity contribution in [2.75, 3.05) is 12.4 Å². The normalized spacial score (nSPS) is 23.1. The van der Waals surface area contributed by atoms with Crippen LogP contribution in [0.4, 0.5) is 5.13 Å². The number of nitrogens with zero attached hydrogens (tertiary/aromatic N) is 1. The van der Waals surface area contributed by atoms with Gasteiger partial charge in [0.1, 0.15) is 6.26 Å². The van der Waals surface area contributed by atoms with Gasteiger partial charge < -0.3 is 15.3 Å². The topological polar surface area (TPSA) is 83.5 Å². The molecule has 1 aromatic heterocycles. The summed E-state index contributed by atoms with van der Waals surface area (Å²) in [5.74, 6) is -1.02. The van der Waals surface area contributed by atoms with E-state index in [-0.39, 0.29) is 0 Å². The largest absolute Gasteiger partial charge is 0.479 e. The van der Waals surface area contributed by atoms with Crippen LogP contribution in [0.15, 0.2) is 17.2 Å². The van der Waals surface area contributed by atoms with Crippen LogP contribution in [0.25, 0.3) is 0 Å². The van der Waals surface area contributed by atoms with Gasteiger partial charge in [-0.2, -0.15) is 0 Å². The van der Waals surface area contributed by atoms with Crippen LogP contribution in [0, 0.1) is 0 Å². The third-order valence-electron chi connectivity index (χ3n) is 2.70. The molecule has 92 valence electrons. The predicted octanol–water partition coefficient (Wildman–Crippen LogP) is 1.29. The number of hydroxylamine groups is 1. The molecule has 1 aliphatic heterocycles. The van der Waals surface area contributed by atoms with E-state index < -0.39 is 11.5 Å². The summed E-state index contributed by atoms with van der Waals surface area (Å²) in [7, 11) is 1.74. The van der Waals surface area contributed by atoms with Crippen molar-refractivity contribution in [2.45, 2.75) is 18.9 Å². The first-order chi connectivity index (χ1) is 8.15. The van der Waals surface area contributed by atoms with Crippen molar-refractivity contribution < 1.29 is 14.7 Å². The van der Waals surface area contributed by atoms with E-state index >= 15 is 0 Å². The molecule has 1 aromatic rings. The maximum Gasteiger partial charge on any atom is 0.338 e. The maximum absolute atomic E-state index is 11.6. The molecule has 2 heterocycles. The lowest BCUT2D eigenvalue weighted by Crippen LogP contribution is -2.47. The zero-order valence-corrected chi connectivity index (χ0v) is 10.3. The molecule has 0 radical (unpaired) electrons. The molecular weight excluding hydrogens is 242 g/mol. The van der Waals surface area contributed by atoms with Gasteiger partial charge in [-0.1, -0.05) is 6.92 Å². The molecule has 0 amide bonds. The van der Waals surface area contributed by atoms with E-state index in [0.29, 0.717) is 22.8 Å². The highest BCUT2D eigenvalue weighted by Gasteiger charge is 2.49. The molecule has 0 spiro atoms. The van der Waals surface area contributed by atoms with Crippen molar-refractivity contribution in [3.05, 3.63) is 22.9 Å². The van der Waals surface area contributed by atoms with E-state index in [1.54, 1.807) is 12.4 Å². The lowest BCUT2D eigenvalue weighted by molar-refractivity contribution is -0.146. The molecule has 0 aliphatic carbocycles. The minimum Gasteiger partial charge on any atom is -0.479 e. The van der Waals surface area contributed by atoms with E-state index in [9.17, 15) is 9.90 Å². The summed E-state index contributed by atoms with van der Waals surface area (Å²) in [6.07, 6.45) is 2.01. The Labute approximate surface area is 102 Å². The fourth-order valence-electron chi connectivity index (χ4n) is 1.76. The Kier molecular flexibility index (Phi) is 3.03. The minimum atomic E-state index is -1.36. The number of hydrogen-bond acceptors (Lipinski definition) is 6. The predicted molar refractivity (Wildman–Crippen MR) is 63.6 cm³/mol. The van der Waals surface area contributed by atoms with Crippen molar-refractivity contribution in [1.82, 2.24) is 10.5 Å². The quantitative estimate of drug-likeness (QED) is 0.752. The smallest absolute Gasteiger partial charge is 0.338 e. The fourth-order valence-corrected chi connectivity index (χ4v) is 2.48. The van der Waals surface area contributed by atoms with Gasteiger partial charge in [0, 0.05) is 18.0 Å². The minimum absolute atomic E-state index is 0.435. The van der Waals surface area contributed by atoms with Gasteiger partial charge in [0.25, 0.3) is 0 Å². The molecule has 6 nitrogen and oxygen atoms in total. The van der Waals surface area contributed by atoms with E-state index in [4.69, 9.17) is 4.84 Å². The van der Waals surface area contributed by atoms with Crippen LogP contribution >= 0.6 is 11.3 Å². The van der Waals surface area contributed by atoms with Gasteiger partial charge in [-0.25, -0.2) is 9.78 Å². The Morgan fingerprint density at radius 2 is 2.53 bits per heavy atom. The molecule has 1 atom stereocenters. The number of rotatable bonds is 4. The number of anilines is 1. The van der Waals surface area contributed by atoms with Gasteiger partial charge in [-0.15, -0.1) is 16.8 Å². The molecule has 1 aliphatic rings. The average molecular weight is 255 g/mol. The van der Waals surface area contributed by atoms with Crippen LogP contribution in [0.3, 0.4) is 0 Å². The Balaban J connectivity index is 2.49. The van der Waals surface area contributed by atoms with Crippen molar-refractivity contribution in [3.8, 4) is 0 Å². The average Bonchev–Trinajstić information content (AvgIpc) is 2.95. The van der Waals surface area contributed by atoms with Gasteiger partial charge in [-0.3, -0.25) is 0 Å². The van der Waals surface area contributed by atoms with Gasteiger partial charge in [0.2, 0.25) is 5.54 Å². The van der Waals surface area contributed by atoms with Crippen molar-refractivity contribution in [3.63, 3.8) is 0 Å². The summed E-state index contributed by atoms with van der Waals surface area (Å²) in [5, 5.41) is 14.7. The second kappa shape index (κ2) is 4.34. The number of hydrogen-bond donors (Lipinski definition) is 3. The van der Waals surface area contributed by atoms with E-state index in [2.05, 4.69) is 15.8 Å². The molecule has 0 bridgehead atoms. The van der Waals surface area contributed by atoms with Gasteiger partial charge in [0.05, 0.1) is 5.69 Å². The number of aromatic nitrogens is 1. The lowest BCUT2D eigenvalue weighted by atomic mass is 9.87. The summed E-state index contributed by atoms with van der Waals surface area (Å²) >= 11 is 1.36. The first-order valence-electron chi connectivity index (χ1n) is 5.14. The number of carboxylic acids is 1. The summed E-state index contributed by atoms with van der Waals surface area (Å²) < 4.78 is 0. The molecule has 17 heavy (non-hydrogen) atoms. The molecule has 0 fully saturated rings. The molecular formula is C10H13N3O3S. The Morgan fingerprint density at radius 3 is 3.06 bits per heavy atom. The van der Waals surface area contributed by atoms with Crippen molar-refractivity contribution in [2.24, 2.45) is 0 Å². The van der Waals surface area contributed by atoms with Gasteiger partial charge in [0.15, 0.2) is 5.13 Å². The fraction of sp³-hybridized carbons (Fsp3) is 0.400. The second-order valence-corrected chi connectivity index (χ2v) is 4.42. The van der Waals surface area contributed by atoms with Crippen LogP contribution in [0.5, 0.6) is 0 Å². The molecule has 0 aromatic carbocycles. The van der Waals surface area contributed by atoms with Crippen LogP contribution in [-0.2, 0) is 15.2 Å². The summed E-state index contributed by atoms with van der Waals surface area (Å²) in [4.78, 5) is 20.8. The zero-order chi connectivity index (χ0) is 12.5. The number of aliphatic carboxylic acids is 1. The number of thiazole rings is 1. The number of carboxylic acid groups (broad SMARTS) is 1. The summed E-state index contributed by atoms with van der Waals surface area (Å²) in [6.45, 7) is 1.88. The van der Waals surface area contributed by atoms with Crippen molar-refractivity contribution >= 4 is 22.4 Å². The van der Waals surface area contributed by atoms with E-state index in [0.717, 1.165) is 0 Å². The SMILES string of the molecule is CCC1=CONC1(C(=O)O)c1csc(NC)n1. The third kappa shape index (κ3) is 1.67. The van der Waals surface area contributed by atoms with Crippen LogP contribution in [0.2, 0.25) is 0 Å². The molecule has 2 rings (SSSR count). The third-order valence-corrected chi connectivity index (χ3v) is 3.56. The van der Waals surface area contributed by atoms with Crippen molar-refractivity contribution in [1.29, 1.82) is 0 Å². The van der Waals surface area contributed by atoms with Crippen LogP contribution < -0.4 is 10.8 Å². The second-order valence-electron chi connectivity index (χ2n) is 3.56. The Hall–Kier alpha value is -1.60. The van der Waals surface area contributed by atoms with Crippen LogP contribution in [0.1, 0.15) is 19.0 Å². The first-order valence-corrected chi connectivity index (χ1v) is 6.02. The molecule has 7 heteroatoms. The molecule has 3 N–H and O–H groups in total. The standard InChI is InChI=1S/C10H13N3O3S/c1-3-6-4-16-13-10(6,8(14)15)7-5-17-9(11-2)12-7/h4-5,13H,3H2,1-2H3,(H,11,12)(H,14,15). The highest BCUT2D eigenvalue weighted by molar-refractivity contribution is 7.13. The Bertz CT molecular complexity index is 471. The summed E-state index contributed by atoms with van der Waals surface area (Å²) in [5.41, 5.74) is 2.27. The number of carbonyl (C=O) groups is 1. The highest BCUT2D eigenvalue weighted by Crippen LogP contribution is 2.36. The summed E-state index contributed by atoms with van der Waals surface area (Å²) in [6, 6.07) is 0. The van der Waals surface area contributed by atoms with E-state index in [1.807, 2.05) is 6.92 Å². The maximum atomic E-state index is 11.6.